The van der Waals surface area contributed by atoms with Crippen LogP contribution in [0.15, 0.2) is 64.6 Å². The van der Waals surface area contributed by atoms with Crippen molar-refractivity contribution in [1.82, 2.24) is 4.83 Å². The molecule has 1 N–H and O–H groups in total. The van der Waals surface area contributed by atoms with Gasteiger partial charge >= 0.3 is 0 Å². The van der Waals surface area contributed by atoms with Gasteiger partial charge in [0, 0.05) is 5.56 Å². The lowest BCUT2D eigenvalue weighted by atomic mass is 10.0. The van der Waals surface area contributed by atoms with Crippen molar-refractivity contribution < 1.29 is 8.42 Å². The third-order valence-corrected chi connectivity index (χ3v) is 4.80. The summed E-state index contributed by atoms with van der Waals surface area (Å²) in [7, 11) is -3.59. The highest BCUT2D eigenvalue weighted by atomic mass is 35.5. The normalized spacial score (nSPS) is 17.6. The zero-order valence-electron chi connectivity index (χ0n) is 10.3. The van der Waals surface area contributed by atoms with E-state index in [0.717, 1.165) is 5.56 Å². The molecule has 0 radical (unpaired) electrons. The molecule has 0 aliphatic carbocycles. The van der Waals surface area contributed by atoms with Crippen molar-refractivity contribution in [3.63, 3.8) is 0 Å². The van der Waals surface area contributed by atoms with Crippen molar-refractivity contribution in [2.24, 2.45) is 5.10 Å². The Kier molecular flexibility index (Phi) is 3.23. The number of hydrogen-bond donors (Lipinski definition) is 1. The van der Waals surface area contributed by atoms with Crippen LogP contribution in [-0.2, 0) is 10.0 Å². The summed E-state index contributed by atoms with van der Waals surface area (Å²) in [5, 5.41) is 3.43. The Morgan fingerprint density at radius 2 is 1.65 bits per heavy atom. The number of hydrazone groups is 1. The van der Waals surface area contributed by atoms with Gasteiger partial charge in [0.1, 0.15) is 5.38 Å². The van der Waals surface area contributed by atoms with Crippen LogP contribution >= 0.6 is 11.6 Å². The second-order valence-corrected chi connectivity index (χ2v) is 6.43. The first-order valence-corrected chi connectivity index (χ1v) is 7.89. The van der Waals surface area contributed by atoms with E-state index in [4.69, 9.17) is 11.6 Å². The number of fused-ring (bicyclic) bond motifs is 1. The Balaban J connectivity index is 2.11. The Labute approximate surface area is 122 Å². The summed E-state index contributed by atoms with van der Waals surface area (Å²) < 4.78 is 23.8. The number of halogens is 1. The maximum Gasteiger partial charge on any atom is 0.277 e. The van der Waals surface area contributed by atoms with Crippen LogP contribution in [0.4, 0.5) is 0 Å². The van der Waals surface area contributed by atoms with Gasteiger partial charge in [-0.25, -0.2) is 0 Å². The van der Waals surface area contributed by atoms with Crippen molar-refractivity contribution in [1.29, 1.82) is 0 Å². The van der Waals surface area contributed by atoms with E-state index in [9.17, 15) is 8.42 Å². The highest BCUT2D eigenvalue weighted by Gasteiger charge is 2.29. The maximum atomic E-state index is 11.9. The van der Waals surface area contributed by atoms with E-state index in [1.807, 2.05) is 30.3 Å². The number of benzene rings is 2. The molecule has 0 bridgehead atoms. The van der Waals surface area contributed by atoms with Gasteiger partial charge in [0.25, 0.3) is 10.0 Å². The number of hydrogen-bond acceptors (Lipinski definition) is 3. The van der Waals surface area contributed by atoms with Gasteiger partial charge in [-0.2, -0.15) is 18.4 Å². The molecule has 1 unspecified atom stereocenters. The first kappa shape index (κ1) is 13.1. The number of nitrogens with zero attached hydrogens (tertiary/aromatic N) is 1. The van der Waals surface area contributed by atoms with Crippen LogP contribution in [0.2, 0.25) is 0 Å². The Morgan fingerprint density at radius 1 is 1.00 bits per heavy atom. The molecule has 0 fully saturated rings. The van der Waals surface area contributed by atoms with Crippen molar-refractivity contribution >= 4 is 27.3 Å². The average molecular weight is 307 g/mol. The van der Waals surface area contributed by atoms with Gasteiger partial charge in [-0.3, -0.25) is 0 Å². The molecule has 3 rings (SSSR count). The first-order chi connectivity index (χ1) is 9.59. The van der Waals surface area contributed by atoms with E-state index in [1.54, 1.807) is 24.3 Å². The van der Waals surface area contributed by atoms with Crippen LogP contribution in [0.5, 0.6) is 0 Å². The number of nitrogens with one attached hydrogen (secondary N) is 1. The molecule has 0 saturated carbocycles. The predicted molar refractivity (Wildman–Crippen MR) is 78.3 cm³/mol. The zero-order valence-corrected chi connectivity index (χ0v) is 11.9. The standard InChI is InChI=1S/C14H11ClN2O2S/c15-13(10-6-2-1-3-7-10)14-11-8-4-5-9-12(11)20(18,19)17-16-14/h1-9,13,17H. The monoisotopic (exact) mass is 306 g/mol. The first-order valence-electron chi connectivity index (χ1n) is 5.97. The molecule has 1 atom stereocenters. The van der Waals surface area contributed by atoms with E-state index in [2.05, 4.69) is 9.93 Å². The largest absolute Gasteiger partial charge is 0.277 e. The minimum Gasteiger partial charge on any atom is -0.200 e. The van der Waals surface area contributed by atoms with E-state index in [0.29, 0.717) is 11.3 Å². The van der Waals surface area contributed by atoms with Gasteiger partial charge in [-0.1, -0.05) is 48.5 Å². The van der Waals surface area contributed by atoms with E-state index < -0.39 is 15.4 Å². The molecule has 2 aromatic carbocycles. The summed E-state index contributed by atoms with van der Waals surface area (Å²) in [6.07, 6.45) is 0. The fourth-order valence-electron chi connectivity index (χ4n) is 2.10. The van der Waals surface area contributed by atoms with Crippen molar-refractivity contribution in [3.05, 3.63) is 65.7 Å². The second-order valence-electron chi connectivity index (χ2n) is 4.36. The molecule has 4 nitrogen and oxygen atoms in total. The lowest BCUT2D eigenvalue weighted by Gasteiger charge is -2.20. The van der Waals surface area contributed by atoms with E-state index >= 15 is 0 Å². The number of sulfonamides is 1. The van der Waals surface area contributed by atoms with Gasteiger partial charge in [-0.05, 0) is 11.6 Å². The molecule has 6 heteroatoms. The van der Waals surface area contributed by atoms with Crippen LogP contribution in [-0.4, -0.2) is 14.1 Å². The smallest absolute Gasteiger partial charge is 0.200 e. The van der Waals surface area contributed by atoms with Gasteiger partial charge in [0.05, 0.1) is 10.6 Å². The SMILES string of the molecule is O=S1(=O)NN=C(C(Cl)c2ccccc2)c2ccccc21. The lowest BCUT2D eigenvalue weighted by molar-refractivity contribution is 0.582. The van der Waals surface area contributed by atoms with Gasteiger partial charge in [-0.15, -0.1) is 11.6 Å². The molecule has 2 aromatic rings. The number of rotatable bonds is 2. The fourth-order valence-corrected chi connectivity index (χ4v) is 3.45. The molecule has 1 aliphatic rings. The van der Waals surface area contributed by atoms with Gasteiger partial charge < -0.3 is 0 Å². The van der Waals surface area contributed by atoms with Crippen LogP contribution in [0.25, 0.3) is 0 Å². The maximum absolute atomic E-state index is 11.9. The summed E-state index contributed by atoms with van der Waals surface area (Å²) in [5.74, 6) is 0. The Bertz CT molecular complexity index is 773. The van der Waals surface area contributed by atoms with Crippen LogP contribution < -0.4 is 4.83 Å². The molecule has 1 aliphatic heterocycles. The van der Waals surface area contributed by atoms with Crippen LogP contribution in [0.3, 0.4) is 0 Å². The molecule has 20 heavy (non-hydrogen) atoms. The quantitative estimate of drug-likeness (QED) is 0.867. The minimum absolute atomic E-state index is 0.201. The molecule has 0 saturated heterocycles. The summed E-state index contributed by atoms with van der Waals surface area (Å²) >= 11 is 6.44. The molecular formula is C14H11ClN2O2S. The minimum atomic E-state index is -3.59. The van der Waals surface area contributed by atoms with E-state index in [-0.39, 0.29) is 4.90 Å². The zero-order chi connectivity index (χ0) is 14.2. The molecule has 1 heterocycles. The van der Waals surface area contributed by atoms with E-state index in [1.165, 1.54) is 0 Å². The average Bonchev–Trinajstić information content (AvgIpc) is 2.48. The van der Waals surface area contributed by atoms with Crippen LogP contribution in [0.1, 0.15) is 16.5 Å². The summed E-state index contributed by atoms with van der Waals surface area (Å²) in [4.78, 5) is 2.39. The molecule has 0 spiro atoms. The second kappa shape index (κ2) is 4.92. The molecule has 0 aromatic heterocycles. The Morgan fingerprint density at radius 3 is 2.40 bits per heavy atom. The highest BCUT2D eigenvalue weighted by Crippen LogP contribution is 2.30. The molecule has 0 amide bonds. The topological polar surface area (TPSA) is 58.5 Å². The van der Waals surface area contributed by atoms with Gasteiger partial charge in [0.15, 0.2) is 0 Å². The highest BCUT2D eigenvalue weighted by molar-refractivity contribution is 7.89. The summed E-state index contributed by atoms with van der Waals surface area (Å²) in [6, 6.07) is 16.1. The van der Waals surface area contributed by atoms with Crippen molar-refractivity contribution in [2.75, 3.05) is 0 Å². The van der Waals surface area contributed by atoms with Crippen molar-refractivity contribution in [3.8, 4) is 0 Å². The molecular weight excluding hydrogens is 296 g/mol. The fraction of sp³-hybridized carbons (Fsp3) is 0.0714. The Hall–Kier alpha value is -1.85. The van der Waals surface area contributed by atoms with Crippen molar-refractivity contribution in [2.45, 2.75) is 10.3 Å². The molecule has 102 valence electrons. The predicted octanol–water partition coefficient (Wildman–Crippen LogP) is 2.66. The van der Waals surface area contributed by atoms with Gasteiger partial charge in [0.2, 0.25) is 0 Å². The third kappa shape index (κ3) is 2.19. The summed E-state index contributed by atoms with van der Waals surface area (Å²) in [5.41, 5.74) is 1.90. The number of alkyl halides is 1. The lowest BCUT2D eigenvalue weighted by Crippen LogP contribution is -2.29. The summed E-state index contributed by atoms with van der Waals surface area (Å²) in [6.45, 7) is 0. The van der Waals surface area contributed by atoms with Crippen LogP contribution in [0, 0.1) is 0 Å². The third-order valence-electron chi connectivity index (χ3n) is 3.07.